The Bertz CT molecular complexity index is 550. The van der Waals surface area contributed by atoms with Crippen molar-refractivity contribution in [3.8, 4) is 5.75 Å². The second-order valence-corrected chi connectivity index (χ2v) is 3.48. The number of aromatic carboxylic acids is 1. The van der Waals surface area contributed by atoms with Gasteiger partial charge in [-0.25, -0.2) is 9.78 Å². The van der Waals surface area contributed by atoms with Crippen LogP contribution in [0, 0.1) is 0 Å². The van der Waals surface area contributed by atoms with Gasteiger partial charge in [0, 0.05) is 5.75 Å². The van der Waals surface area contributed by atoms with Crippen molar-refractivity contribution >= 4 is 24.1 Å². The number of pyridine rings is 1. The van der Waals surface area contributed by atoms with Crippen LogP contribution in [0.1, 0.15) is 16.3 Å². The van der Waals surface area contributed by atoms with Crippen molar-refractivity contribution in [3.63, 3.8) is 0 Å². The molecular formula is C10H10N2O3S. The molecule has 0 aromatic carbocycles. The number of aromatic nitrogens is 2. The van der Waals surface area contributed by atoms with Crippen LogP contribution in [0.25, 0.3) is 5.52 Å². The molecule has 0 aliphatic heterocycles. The first-order chi connectivity index (χ1) is 7.67. The second kappa shape index (κ2) is 4.05. The Morgan fingerprint density at radius 1 is 1.62 bits per heavy atom. The van der Waals surface area contributed by atoms with Gasteiger partial charge in [0.25, 0.3) is 0 Å². The molecular weight excluding hydrogens is 228 g/mol. The highest BCUT2D eigenvalue weighted by Gasteiger charge is 2.15. The van der Waals surface area contributed by atoms with Gasteiger partial charge >= 0.3 is 5.97 Å². The maximum absolute atomic E-state index is 11.0. The van der Waals surface area contributed by atoms with Gasteiger partial charge in [-0.3, -0.25) is 4.40 Å². The second-order valence-electron chi connectivity index (χ2n) is 3.16. The lowest BCUT2D eigenvalue weighted by Gasteiger charge is -2.02. The first-order valence-corrected chi connectivity index (χ1v) is 5.19. The van der Waals surface area contributed by atoms with E-state index in [2.05, 4.69) is 17.6 Å². The topological polar surface area (TPSA) is 63.8 Å². The van der Waals surface area contributed by atoms with E-state index in [1.807, 2.05) is 0 Å². The number of ether oxygens (including phenoxy) is 1. The molecule has 0 radical (unpaired) electrons. The van der Waals surface area contributed by atoms with Gasteiger partial charge in [-0.1, -0.05) is 0 Å². The van der Waals surface area contributed by atoms with Crippen LogP contribution < -0.4 is 4.74 Å². The number of rotatable bonds is 3. The summed E-state index contributed by atoms with van der Waals surface area (Å²) in [6.07, 6.45) is 1.69. The molecule has 0 bridgehead atoms. The third-order valence-electron chi connectivity index (χ3n) is 2.26. The highest BCUT2D eigenvalue weighted by atomic mass is 32.1. The number of methoxy groups -OCH3 is 1. The van der Waals surface area contributed by atoms with E-state index in [4.69, 9.17) is 9.84 Å². The summed E-state index contributed by atoms with van der Waals surface area (Å²) in [6, 6.07) is 3.37. The molecule has 2 heterocycles. The highest BCUT2D eigenvalue weighted by Crippen LogP contribution is 2.19. The fraction of sp³-hybridized carbons (Fsp3) is 0.200. The smallest absolute Gasteiger partial charge is 0.356 e. The van der Waals surface area contributed by atoms with Crippen molar-refractivity contribution in [2.45, 2.75) is 5.75 Å². The van der Waals surface area contributed by atoms with Crippen molar-refractivity contribution < 1.29 is 14.6 Å². The average Bonchev–Trinajstić information content (AvgIpc) is 2.66. The van der Waals surface area contributed by atoms with Crippen LogP contribution in [0.15, 0.2) is 18.3 Å². The molecule has 16 heavy (non-hydrogen) atoms. The van der Waals surface area contributed by atoms with Gasteiger partial charge in [0.05, 0.1) is 18.8 Å². The number of hydrogen-bond acceptors (Lipinski definition) is 4. The van der Waals surface area contributed by atoms with Crippen molar-refractivity contribution in [2.24, 2.45) is 0 Å². The highest BCUT2D eigenvalue weighted by molar-refractivity contribution is 7.79. The minimum Gasteiger partial charge on any atom is -0.495 e. The zero-order chi connectivity index (χ0) is 11.7. The standard InChI is InChI=1S/C10H10N2O3S/c1-15-6-2-3-7-9(10(13)14)11-8(5-16)12(7)4-6/h2-4,16H,5H2,1H3,(H,13,14). The number of carboxylic acid groups (broad SMARTS) is 1. The summed E-state index contributed by atoms with van der Waals surface area (Å²) >= 11 is 4.11. The molecule has 2 aromatic rings. The van der Waals surface area contributed by atoms with Gasteiger partial charge < -0.3 is 9.84 Å². The number of thiol groups is 1. The van der Waals surface area contributed by atoms with E-state index in [1.165, 1.54) is 0 Å². The van der Waals surface area contributed by atoms with Crippen LogP contribution in [0.2, 0.25) is 0 Å². The summed E-state index contributed by atoms with van der Waals surface area (Å²) in [6.45, 7) is 0. The molecule has 2 aromatic heterocycles. The first kappa shape index (κ1) is 10.8. The van der Waals surface area contributed by atoms with E-state index >= 15 is 0 Å². The summed E-state index contributed by atoms with van der Waals surface area (Å²) in [5.74, 6) is 0.539. The molecule has 0 atom stereocenters. The van der Waals surface area contributed by atoms with Crippen LogP contribution in [-0.2, 0) is 5.75 Å². The number of hydrogen-bond donors (Lipinski definition) is 2. The third kappa shape index (κ3) is 1.61. The molecule has 0 fully saturated rings. The van der Waals surface area contributed by atoms with E-state index < -0.39 is 5.97 Å². The molecule has 0 aliphatic rings. The zero-order valence-corrected chi connectivity index (χ0v) is 9.44. The molecule has 0 spiro atoms. The molecule has 0 amide bonds. The predicted molar refractivity (Wildman–Crippen MR) is 61.4 cm³/mol. The maximum atomic E-state index is 11.0. The Kier molecular flexibility index (Phi) is 2.74. The van der Waals surface area contributed by atoms with Crippen LogP contribution in [-0.4, -0.2) is 27.6 Å². The third-order valence-corrected chi connectivity index (χ3v) is 2.55. The Morgan fingerprint density at radius 3 is 2.94 bits per heavy atom. The molecule has 0 saturated heterocycles. The quantitative estimate of drug-likeness (QED) is 0.795. The van der Waals surface area contributed by atoms with Gasteiger partial charge in [-0.2, -0.15) is 12.6 Å². The Hall–Kier alpha value is -1.69. The number of carboxylic acids is 1. The van der Waals surface area contributed by atoms with Gasteiger partial charge in [0.2, 0.25) is 0 Å². The average molecular weight is 238 g/mol. The van der Waals surface area contributed by atoms with E-state index in [1.54, 1.807) is 29.8 Å². The molecule has 0 aliphatic carbocycles. The first-order valence-electron chi connectivity index (χ1n) is 4.56. The van der Waals surface area contributed by atoms with Crippen molar-refractivity contribution in [1.82, 2.24) is 9.38 Å². The summed E-state index contributed by atoms with van der Waals surface area (Å²) in [5.41, 5.74) is 0.573. The monoisotopic (exact) mass is 238 g/mol. The Labute approximate surface area is 97.1 Å². The summed E-state index contributed by atoms with van der Waals surface area (Å²) in [4.78, 5) is 15.0. The van der Waals surface area contributed by atoms with Gasteiger partial charge in [-0.05, 0) is 12.1 Å². The SMILES string of the molecule is COc1ccc2c(C(=O)O)nc(CS)n2c1. The van der Waals surface area contributed by atoms with Crippen molar-refractivity contribution in [1.29, 1.82) is 0 Å². The summed E-state index contributed by atoms with van der Waals surface area (Å²) in [5, 5.41) is 8.99. The van der Waals surface area contributed by atoms with E-state index in [-0.39, 0.29) is 5.69 Å². The molecule has 5 nitrogen and oxygen atoms in total. The number of carbonyl (C=O) groups is 1. The molecule has 0 unspecified atom stereocenters. The predicted octanol–water partition coefficient (Wildman–Crippen LogP) is 1.47. The fourth-order valence-electron chi connectivity index (χ4n) is 1.52. The molecule has 1 N–H and O–H groups in total. The molecule has 2 rings (SSSR count). The minimum absolute atomic E-state index is 0.0340. The van der Waals surface area contributed by atoms with E-state index in [9.17, 15) is 4.79 Å². The van der Waals surface area contributed by atoms with Crippen molar-refractivity contribution in [2.75, 3.05) is 7.11 Å². The Morgan fingerprint density at radius 2 is 2.38 bits per heavy atom. The van der Waals surface area contributed by atoms with E-state index in [0.29, 0.717) is 22.8 Å². The fourth-order valence-corrected chi connectivity index (χ4v) is 1.74. The summed E-state index contributed by atoms with van der Waals surface area (Å²) < 4.78 is 6.75. The van der Waals surface area contributed by atoms with Gasteiger partial charge in [0.1, 0.15) is 11.6 Å². The largest absolute Gasteiger partial charge is 0.495 e. The number of imidazole rings is 1. The van der Waals surface area contributed by atoms with Crippen LogP contribution in [0.4, 0.5) is 0 Å². The lowest BCUT2D eigenvalue weighted by Crippen LogP contribution is -1.97. The summed E-state index contributed by atoms with van der Waals surface area (Å²) in [7, 11) is 1.55. The van der Waals surface area contributed by atoms with Crippen LogP contribution in [0.3, 0.4) is 0 Å². The van der Waals surface area contributed by atoms with Gasteiger partial charge in [0.15, 0.2) is 5.69 Å². The van der Waals surface area contributed by atoms with E-state index in [0.717, 1.165) is 0 Å². The normalized spacial score (nSPS) is 10.6. The lowest BCUT2D eigenvalue weighted by atomic mass is 10.3. The molecule has 0 saturated carbocycles. The van der Waals surface area contributed by atoms with Crippen molar-refractivity contribution in [3.05, 3.63) is 29.8 Å². The number of fused-ring (bicyclic) bond motifs is 1. The minimum atomic E-state index is -1.05. The maximum Gasteiger partial charge on any atom is 0.356 e. The molecule has 6 heteroatoms. The van der Waals surface area contributed by atoms with Crippen LogP contribution >= 0.6 is 12.6 Å². The number of nitrogens with zero attached hydrogens (tertiary/aromatic N) is 2. The lowest BCUT2D eigenvalue weighted by molar-refractivity contribution is 0.0693. The molecule has 84 valence electrons. The Balaban J connectivity index is 2.74. The zero-order valence-electron chi connectivity index (χ0n) is 8.54. The van der Waals surface area contributed by atoms with Crippen LogP contribution in [0.5, 0.6) is 5.75 Å². The van der Waals surface area contributed by atoms with Gasteiger partial charge in [-0.15, -0.1) is 0 Å².